The van der Waals surface area contributed by atoms with E-state index in [1.54, 1.807) is 0 Å². The second-order valence-corrected chi connectivity index (χ2v) is 7.29. The fourth-order valence-corrected chi connectivity index (χ4v) is 3.97. The molecule has 0 aromatic rings. The molecule has 13 heavy (non-hydrogen) atoms. The van der Waals surface area contributed by atoms with Crippen LogP contribution in [0.3, 0.4) is 0 Å². The van der Waals surface area contributed by atoms with Crippen molar-refractivity contribution in [3.63, 3.8) is 0 Å². The summed E-state index contributed by atoms with van der Waals surface area (Å²) in [6.45, 7) is 1.47. The minimum atomic E-state index is -4.91. The Bertz CT molecular complexity index is 172. The topological polar surface area (TPSA) is 55.8 Å². The van der Waals surface area contributed by atoms with Crippen LogP contribution in [0.5, 0.6) is 0 Å². The van der Waals surface area contributed by atoms with E-state index in [0.29, 0.717) is 0 Å². The maximum absolute atomic E-state index is 11.5. The van der Waals surface area contributed by atoms with Crippen LogP contribution in [0.1, 0.15) is 6.92 Å². The molecule has 4 nitrogen and oxygen atoms in total. The minimum absolute atomic E-state index is 0.221. The molecular formula is C5H7F3HgO4. The number of alkyl halides is 3. The zero-order valence-electron chi connectivity index (χ0n) is 6.80. The van der Waals surface area contributed by atoms with Gasteiger partial charge in [-0.1, -0.05) is 0 Å². The van der Waals surface area contributed by atoms with Crippen molar-refractivity contribution in [2.24, 2.45) is 0 Å². The molecule has 0 aliphatic carbocycles. The number of halogens is 3. The van der Waals surface area contributed by atoms with E-state index in [1.165, 1.54) is 6.92 Å². The van der Waals surface area contributed by atoms with E-state index in [1.807, 2.05) is 0 Å². The van der Waals surface area contributed by atoms with Gasteiger partial charge in [-0.2, -0.15) is 0 Å². The first kappa shape index (κ1) is 13.1. The molecule has 0 saturated heterocycles. The van der Waals surface area contributed by atoms with Crippen molar-refractivity contribution >= 4 is 5.97 Å². The van der Waals surface area contributed by atoms with Crippen molar-refractivity contribution in [1.82, 2.24) is 0 Å². The van der Waals surface area contributed by atoms with E-state index >= 15 is 0 Å². The fourth-order valence-electron chi connectivity index (χ4n) is 0.452. The van der Waals surface area contributed by atoms with Gasteiger partial charge in [0, 0.05) is 0 Å². The van der Waals surface area contributed by atoms with Gasteiger partial charge in [0.1, 0.15) is 0 Å². The first-order chi connectivity index (χ1) is 5.88. The Balaban J connectivity index is 3.60. The molecule has 0 heterocycles. The first-order valence-electron chi connectivity index (χ1n) is 3.42. The zero-order chi connectivity index (χ0) is 10.5. The molecule has 0 saturated carbocycles. The van der Waals surface area contributed by atoms with Crippen LogP contribution < -0.4 is 0 Å². The third-order valence-electron chi connectivity index (χ3n) is 1.17. The SMILES string of the molecule is CC([CH2][Hg][O]C(=O)C(F)(F)F)OO. The number of carbonyl (C=O) groups is 1. The molecular weight excluding hydrogens is 382 g/mol. The van der Waals surface area contributed by atoms with Crippen molar-refractivity contribution in [3.05, 3.63) is 0 Å². The summed E-state index contributed by atoms with van der Waals surface area (Å²) in [4.78, 5) is 13.9. The summed E-state index contributed by atoms with van der Waals surface area (Å²) >= 11 is -2.34. The van der Waals surface area contributed by atoms with Gasteiger partial charge in [0.25, 0.3) is 0 Å². The number of carbonyl (C=O) groups excluding carboxylic acids is 1. The summed E-state index contributed by atoms with van der Waals surface area (Å²) in [5.41, 5.74) is 0. The van der Waals surface area contributed by atoms with Gasteiger partial charge in [-0.25, -0.2) is 0 Å². The summed E-state index contributed by atoms with van der Waals surface area (Å²) in [5.74, 6) is -2.14. The van der Waals surface area contributed by atoms with Crippen LogP contribution in [-0.4, -0.2) is 23.5 Å². The third kappa shape index (κ3) is 6.22. The van der Waals surface area contributed by atoms with E-state index < -0.39 is 43.3 Å². The Hall–Kier alpha value is 0.115. The van der Waals surface area contributed by atoms with Crippen molar-refractivity contribution in [3.8, 4) is 0 Å². The third-order valence-corrected chi connectivity index (χ3v) is 7.06. The molecule has 0 radical (unpaired) electrons. The van der Waals surface area contributed by atoms with Gasteiger partial charge >= 0.3 is 84.9 Å². The quantitative estimate of drug-likeness (QED) is 0.449. The van der Waals surface area contributed by atoms with E-state index in [2.05, 4.69) is 7.53 Å². The monoisotopic (exact) mass is 390 g/mol. The predicted octanol–water partition coefficient (Wildman–Crippen LogP) is 1.39. The van der Waals surface area contributed by atoms with Crippen LogP contribution in [0.2, 0.25) is 3.93 Å². The van der Waals surface area contributed by atoms with E-state index in [-0.39, 0.29) is 3.93 Å². The van der Waals surface area contributed by atoms with Gasteiger partial charge in [0.15, 0.2) is 0 Å². The number of hydrogen-bond acceptors (Lipinski definition) is 4. The van der Waals surface area contributed by atoms with Gasteiger partial charge in [-0.15, -0.1) is 0 Å². The molecule has 0 fully saturated rings. The van der Waals surface area contributed by atoms with E-state index in [9.17, 15) is 18.0 Å². The molecule has 1 N–H and O–H groups in total. The van der Waals surface area contributed by atoms with Gasteiger partial charge in [-0.05, 0) is 0 Å². The molecule has 0 aromatic carbocycles. The van der Waals surface area contributed by atoms with Crippen LogP contribution in [0.15, 0.2) is 0 Å². The number of hydrogen-bond donors (Lipinski definition) is 1. The molecule has 0 amide bonds. The molecule has 0 aromatic heterocycles. The molecule has 1 atom stereocenters. The molecule has 0 spiro atoms. The van der Waals surface area contributed by atoms with Crippen LogP contribution >= 0.6 is 0 Å². The second-order valence-electron chi connectivity index (χ2n) is 2.34. The molecule has 0 rings (SSSR count). The average molecular weight is 389 g/mol. The molecule has 1 unspecified atom stereocenters. The van der Waals surface area contributed by atoms with E-state index in [4.69, 9.17) is 5.26 Å². The summed E-state index contributed by atoms with van der Waals surface area (Å²) < 4.78 is 38.9. The van der Waals surface area contributed by atoms with Crippen molar-refractivity contribution in [2.75, 3.05) is 0 Å². The van der Waals surface area contributed by atoms with Crippen LogP contribution in [0.4, 0.5) is 13.2 Å². The molecule has 74 valence electrons. The normalized spacial score (nSPS) is 13.3. The Morgan fingerprint density at radius 2 is 2.15 bits per heavy atom. The Morgan fingerprint density at radius 1 is 1.62 bits per heavy atom. The van der Waals surface area contributed by atoms with Crippen molar-refractivity contribution in [2.45, 2.75) is 23.1 Å². The molecule has 0 aliphatic rings. The Kier molecular flexibility index (Phi) is 5.81. The second kappa shape index (κ2) is 5.76. The Labute approximate surface area is 85.0 Å². The van der Waals surface area contributed by atoms with Crippen LogP contribution in [0.25, 0.3) is 0 Å². The van der Waals surface area contributed by atoms with Crippen molar-refractivity contribution in [1.29, 1.82) is 0 Å². The van der Waals surface area contributed by atoms with Crippen LogP contribution in [0, 0.1) is 0 Å². The summed E-state index contributed by atoms with van der Waals surface area (Å²) in [5, 5.41) is 8.03. The van der Waals surface area contributed by atoms with Gasteiger partial charge in [-0.3, -0.25) is 0 Å². The maximum atomic E-state index is 11.5. The van der Waals surface area contributed by atoms with Gasteiger partial charge in [0.05, 0.1) is 0 Å². The molecule has 0 aliphatic heterocycles. The first-order valence-corrected chi connectivity index (χ1v) is 9.55. The summed E-state index contributed by atoms with van der Waals surface area (Å²) in [7, 11) is 0. The van der Waals surface area contributed by atoms with Crippen LogP contribution in [-0.2, 0) is 37.4 Å². The van der Waals surface area contributed by atoms with Gasteiger partial charge < -0.3 is 0 Å². The predicted molar refractivity (Wildman–Crippen MR) is 30.1 cm³/mol. The van der Waals surface area contributed by atoms with Gasteiger partial charge in [0.2, 0.25) is 0 Å². The van der Waals surface area contributed by atoms with Crippen molar-refractivity contribution < 1.29 is 55.8 Å². The fraction of sp³-hybridized carbons (Fsp3) is 0.800. The Morgan fingerprint density at radius 3 is 2.54 bits per heavy atom. The average Bonchev–Trinajstić information content (AvgIpc) is 2.02. The zero-order valence-corrected chi connectivity index (χ0v) is 12.3. The summed E-state index contributed by atoms with van der Waals surface area (Å²) in [6.07, 6.45) is -5.48. The standard InChI is InChI=1S/C3H7O2.C2HF3O2.Hg/c1-3(2)5-4;3-2(4,5)1(6)7;/h3-4H,1H2,2H3;(H,6,7);/q;;+1/p-1. The molecule has 8 heteroatoms. The number of rotatable bonds is 4. The summed E-state index contributed by atoms with van der Waals surface area (Å²) in [6, 6.07) is 0. The molecule has 0 bridgehead atoms. The van der Waals surface area contributed by atoms with E-state index in [0.717, 1.165) is 0 Å².